The zero-order chi connectivity index (χ0) is 23.7. The number of urea groups is 1. The van der Waals surface area contributed by atoms with Gasteiger partial charge in [-0.3, -0.25) is 9.11 Å². The number of hydrogen-bond donors (Lipinski definition) is 5. The molecule has 3 rings (SSSR count). The Morgan fingerprint density at radius 1 is 0.938 bits per heavy atom. The summed E-state index contributed by atoms with van der Waals surface area (Å²) in [6.07, 6.45) is 0. The third-order valence-corrected chi connectivity index (χ3v) is 5.99. The third kappa shape index (κ3) is 5.17. The molecule has 0 radical (unpaired) electrons. The topological polar surface area (TPSA) is 201 Å². The van der Waals surface area contributed by atoms with E-state index < -0.39 is 36.1 Å². The summed E-state index contributed by atoms with van der Waals surface area (Å²) in [4.78, 5) is 9.82. The highest BCUT2D eigenvalue weighted by Gasteiger charge is 2.20. The number of nitrogens with two attached hydrogens (primary N) is 1. The monoisotopic (exact) mass is 479 g/mol. The average Bonchev–Trinajstić information content (AvgIpc) is 2.70. The van der Waals surface area contributed by atoms with Crippen LogP contribution >= 0.6 is 0 Å². The molecule has 0 saturated heterocycles. The molecule has 0 aliphatic carbocycles. The molecular formula is C18H17N5O7S2. The minimum absolute atomic E-state index is 0.0441. The van der Waals surface area contributed by atoms with Crippen molar-refractivity contribution in [2.75, 3.05) is 17.7 Å². The summed E-state index contributed by atoms with van der Waals surface area (Å²) >= 11 is 0. The van der Waals surface area contributed by atoms with Crippen LogP contribution in [0.4, 0.5) is 27.5 Å². The fourth-order valence-corrected chi connectivity index (χ4v) is 4.18. The lowest BCUT2D eigenvalue weighted by atomic mass is 10.1. The molecule has 14 heteroatoms. The van der Waals surface area contributed by atoms with Crippen LogP contribution in [0, 0.1) is 0 Å². The molecule has 2 amide bonds. The van der Waals surface area contributed by atoms with E-state index in [1.54, 1.807) is 25.2 Å². The van der Waals surface area contributed by atoms with E-state index >= 15 is 0 Å². The summed E-state index contributed by atoms with van der Waals surface area (Å²) in [5.74, 6) is 0. The van der Waals surface area contributed by atoms with Gasteiger partial charge in [0.25, 0.3) is 20.2 Å². The number of anilines is 2. The summed E-state index contributed by atoms with van der Waals surface area (Å²) in [6.45, 7) is 0. The molecular weight excluding hydrogens is 462 g/mol. The number of amides is 2. The number of rotatable bonds is 6. The number of benzene rings is 3. The van der Waals surface area contributed by atoms with E-state index in [2.05, 4.69) is 20.9 Å². The molecule has 32 heavy (non-hydrogen) atoms. The van der Waals surface area contributed by atoms with Gasteiger partial charge in [0.15, 0.2) is 0 Å². The van der Waals surface area contributed by atoms with Gasteiger partial charge < -0.3 is 16.4 Å². The Bertz CT molecular complexity index is 1470. The predicted molar refractivity (Wildman–Crippen MR) is 117 cm³/mol. The molecule has 12 nitrogen and oxygen atoms in total. The number of carbonyl (C=O) groups is 1. The number of primary amides is 1. The maximum Gasteiger partial charge on any atom is 0.316 e. The predicted octanol–water partition coefficient (Wildman–Crippen LogP) is 3.28. The lowest BCUT2D eigenvalue weighted by Crippen LogP contribution is -2.19. The van der Waals surface area contributed by atoms with Crippen LogP contribution in [0.25, 0.3) is 10.8 Å². The number of carbonyl (C=O) groups excluding carboxylic acids is 1. The number of nitrogens with zero attached hydrogens (tertiary/aromatic N) is 2. The van der Waals surface area contributed by atoms with Crippen LogP contribution in [0.1, 0.15) is 0 Å². The zero-order valence-corrected chi connectivity index (χ0v) is 18.0. The summed E-state index contributed by atoms with van der Waals surface area (Å²) < 4.78 is 65.2. The molecule has 3 aromatic rings. The van der Waals surface area contributed by atoms with Crippen LogP contribution in [0.15, 0.2) is 68.6 Å². The Labute approximate surface area is 182 Å². The van der Waals surface area contributed by atoms with E-state index in [9.17, 15) is 30.7 Å². The Kier molecular flexibility index (Phi) is 6.13. The zero-order valence-electron chi connectivity index (χ0n) is 16.3. The highest BCUT2D eigenvalue weighted by molar-refractivity contribution is 7.86. The van der Waals surface area contributed by atoms with Crippen molar-refractivity contribution in [3.8, 4) is 0 Å². The first kappa shape index (κ1) is 23.1. The van der Waals surface area contributed by atoms with Crippen LogP contribution in [-0.2, 0) is 20.2 Å². The van der Waals surface area contributed by atoms with Crippen molar-refractivity contribution in [3.63, 3.8) is 0 Å². The molecule has 0 aromatic heterocycles. The van der Waals surface area contributed by atoms with Gasteiger partial charge in [0.2, 0.25) is 0 Å². The van der Waals surface area contributed by atoms with Gasteiger partial charge >= 0.3 is 6.03 Å². The Morgan fingerprint density at radius 2 is 1.66 bits per heavy atom. The third-order valence-electron chi connectivity index (χ3n) is 4.27. The molecule has 0 saturated carbocycles. The maximum atomic E-state index is 11.8. The fraction of sp³-hybridized carbons (Fsp3) is 0.0556. The summed E-state index contributed by atoms with van der Waals surface area (Å²) in [5, 5.41) is 13.4. The molecule has 0 unspecified atom stereocenters. The van der Waals surface area contributed by atoms with Crippen molar-refractivity contribution in [3.05, 3.63) is 48.5 Å². The molecule has 3 aromatic carbocycles. The molecule has 0 heterocycles. The van der Waals surface area contributed by atoms with Crippen LogP contribution in [-0.4, -0.2) is 39.0 Å². The standard InChI is InChI=1S/C18H17N5O7S2/c1-20-11-4-5-15(16(8-11)21-18(19)24)23-22-12-3-2-10-6-13(31(25,26)27)9-17(14(10)7-12)32(28,29)30/h2-9,20H,1H3,(H3,19,21,24)(H,25,26,27)(H,28,29,30). The molecule has 168 valence electrons. The second kappa shape index (κ2) is 8.51. The van der Waals surface area contributed by atoms with Crippen LogP contribution in [0.3, 0.4) is 0 Å². The van der Waals surface area contributed by atoms with Gasteiger partial charge in [-0.15, -0.1) is 5.11 Å². The van der Waals surface area contributed by atoms with Crippen molar-refractivity contribution >= 4 is 59.8 Å². The van der Waals surface area contributed by atoms with E-state index in [1.807, 2.05) is 0 Å². The number of hydrogen-bond acceptors (Lipinski definition) is 8. The van der Waals surface area contributed by atoms with E-state index in [-0.39, 0.29) is 27.8 Å². The lowest BCUT2D eigenvalue weighted by Gasteiger charge is -2.09. The molecule has 0 atom stereocenters. The smallest absolute Gasteiger partial charge is 0.316 e. The van der Waals surface area contributed by atoms with Crippen molar-refractivity contribution in [2.45, 2.75) is 9.79 Å². The second-order valence-corrected chi connectivity index (χ2v) is 9.26. The highest BCUT2D eigenvalue weighted by Crippen LogP contribution is 2.33. The second-order valence-electron chi connectivity index (χ2n) is 6.45. The van der Waals surface area contributed by atoms with Crippen molar-refractivity contribution in [1.29, 1.82) is 0 Å². The Morgan fingerprint density at radius 3 is 2.25 bits per heavy atom. The summed E-state index contributed by atoms with van der Waals surface area (Å²) in [7, 11) is -7.88. The van der Waals surface area contributed by atoms with Crippen LogP contribution in [0.5, 0.6) is 0 Å². The molecule has 0 fully saturated rings. The van der Waals surface area contributed by atoms with E-state index in [0.717, 1.165) is 6.07 Å². The first-order valence-electron chi connectivity index (χ1n) is 8.71. The first-order valence-corrected chi connectivity index (χ1v) is 11.6. The number of azo groups is 1. The van der Waals surface area contributed by atoms with Gasteiger partial charge in [-0.1, -0.05) is 6.07 Å². The normalized spacial score (nSPS) is 12.2. The molecule has 6 N–H and O–H groups in total. The van der Waals surface area contributed by atoms with Crippen molar-refractivity contribution in [2.24, 2.45) is 16.0 Å². The highest BCUT2D eigenvalue weighted by atomic mass is 32.2. The van der Waals surface area contributed by atoms with E-state index in [1.165, 1.54) is 18.2 Å². The van der Waals surface area contributed by atoms with Gasteiger partial charge in [0, 0.05) is 18.1 Å². The van der Waals surface area contributed by atoms with Gasteiger partial charge in [-0.25, -0.2) is 4.79 Å². The molecule has 0 aliphatic heterocycles. The van der Waals surface area contributed by atoms with Crippen LogP contribution in [0.2, 0.25) is 0 Å². The Balaban J connectivity index is 2.12. The first-order chi connectivity index (χ1) is 14.9. The number of fused-ring (bicyclic) bond motifs is 1. The Hall–Kier alpha value is -3.59. The minimum Gasteiger partial charge on any atom is -0.388 e. The fourth-order valence-electron chi connectivity index (χ4n) is 2.83. The van der Waals surface area contributed by atoms with E-state index in [0.29, 0.717) is 11.8 Å². The largest absolute Gasteiger partial charge is 0.388 e. The van der Waals surface area contributed by atoms with Gasteiger partial charge in [0.1, 0.15) is 10.6 Å². The van der Waals surface area contributed by atoms with Crippen molar-refractivity contribution < 1.29 is 30.7 Å². The summed E-state index contributed by atoms with van der Waals surface area (Å²) in [5.41, 5.74) is 6.52. The minimum atomic E-state index is -4.84. The SMILES string of the molecule is CNc1ccc(N=Nc2ccc3cc(S(=O)(=O)O)cc(S(=O)(=O)O)c3c2)c(NC(N)=O)c1. The molecule has 0 spiro atoms. The van der Waals surface area contributed by atoms with Gasteiger partial charge in [0.05, 0.1) is 16.3 Å². The van der Waals surface area contributed by atoms with E-state index in [4.69, 9.17) is 5.73 Å². The lowest BCUT2D eigenvalue weighted by molar-refractivity contribution is 0.259. The van der Waals surface area contributed by atoms with Gasteiger partial charge in [-0.05, 0) is 47.9 Å². The molecule has 0 bridgehead atoms. The molecule has 0 aliphatic rings. The summed E-state index contributed by atoms with van der Waals surface area (Å²) in [6, 6.07) is 9.71. The van der Waals surface area contributed by atoms with Crippen molar-refractivity contribution in [1.82, 2.24) is 0 Å². The maximum absolute atomic E-state index is 11.8. The van der Waals surface area contributed by atoms with Crippen LogP contribution < -0.4 is 16.4 Å². The number of nitrogens with one attached hydrogen (secondary N) is 2. The quantitative estimate of drug-likeness (QED) is 0.262. The average molecular weight is 479 g/mol. The van der Waals surface area contributed by atoms with Gasteiger partial charge in [-0.2, -0.15) is 21.9 Å².